The van der Waals surface area contributed by atoms with Crippen LogP contribution in [0.25, 0.3) is 0 Å². The molecule has 1 aromatic heterocycles. The highest BCUT2D eigenvalue weighted by Crippen LogP contribution is 2.31. The van der Waals surface area contributed by atoms with Crippen molar-refractivity contribution in [1.29, 1.82) is 0 Å². The SMILES string of the molecule is Cc1cc(C)c(C)c(Oc2nc(NN)ncc2Cl)c1. The lowest BCUT2D eigenvalue weighted by molar-refractivity contribution is 0.458. The zero-order chi connectivity index (χ0) is 14.0. The van der Waals surface area contributed by atoms with Gasteiger partial charge in [-0.2, -0.15) is 4.98 Å². The normalized spacial score (nSPS) is 10.4. The summed E-state index contributed by atoms with van der Waals surface area (Å²) in [6.07, 6.45) is 1.44. The molecule has 3 N–H and O–H groups in total. The van der Waals surface area contributed by atoms with Crippen LogP contribution in [-0.2, 0) is 0 Å². The number of nitrogen functional groups attached to an aromatic ring is 1. The molecule has 100 valence electrons. The number of aryl methyl sites for hydroxylation is 2. The standard InChI is InChI=1S/C13H15ClN4O/c1-7-4-8(2)9(3)11(5-7)19-12-10(14)6-16-13(17-12)18-15/h4-6H,15H2,1-3H3,(H,16,17,18). The molecule has 0 atom stereocenters. The quantitative estimate of drug-likeness (QED) is 0.666. The Labute approximate surface area is 116 Å². The van der Waals surface area contributed by atoms with Gasteiger partial charge in [0.2, 0.25) is 11.8 Å². The van der Waals surface area contributed by atoms with Crippen molar-refractivity contribution in [3.63, 3.8) is 0 Å². The first kappa shape index (κ1) is 13.6. The smallest absolute Gasteiger partial charge is 0.243 e. The second kappa shape index (κ2) is 5.42. The van der Waals surface area contributed by atoms with Crippen LogP contribution in [0.1, 0.15) is 16.7 Å². The number of anilines is 1. The Hall–Kier alpha value is -1.85. The van der Waals surface area contributed by atoms with E-state index in [0.29, 0.717) is 5.02 Å². The Morgan fingerprint density at radius 3 is 2.68 bits per heavy atom. The molecule has 0 aliphatic carbocycles. The highest BCUT2D eigenvalue weighted by Gasteiger charge is 2.10. The number of benzene rings is 1. The maximum atomic E-state index is 6.02. The summed E-state index contributed by atoms with van der Waals surface area (Å²) in [4.78, 5) is 7.98. The van der Waals surface area contributed by atoms with Crippen molar-refractivity contribution in [2.45, 2.75) is 20.8 Å². The molecule has 0 saturated carbocycles. The minimum Gasteiger partial charge on any atom is -0.437 e. The van der Waals surface area contributed by atoms with E-state index in [1.807, 2.05) is 26.8 Å². The monoisotopic (exact) mass is 278 g/mol. The van der Waals surface area contributed by atoms with Gasteiger partial charge in [-0.25, -0.2) is 10.8 Å². The number of hydrazine groups is 1. The van der Waals surface area contributed by atoms with Crippen molar-refractivity contribution in [1.82, 2.24) is 9.97 Å². The van der Waals surface area contributed by atoms with Crippen LogP contribution in [0.5, 0.6) is 11.6 Å². The van der Waals surface area contributed by atoms with Crippen molar-refractivity contribution >= 4 is 17.5 Å². The fourth-order valence-electron chi connectivity index (χ4n) is 1.70. The van der Waals surface area contributed by atoms with Gasteiger partial charge in [-0.05, 0) is 43.5 Å². The first-order valence-corrected chi connectivity index (χ1v) is 6.14. The van der Waals surface area contributed by atoms with Gasteiger partial charge in [0, 0.05) is 0 Å². The van der Waals surface area contributed by atoms with Crippen molar-refractivity contribution < 1.29 is 4.74 Å². The second-order valence-electron chi connectivity index (χ2n) is 4.30. The molecule has 0 unspecified atom stereocenters. The first-order valence-electron chi connectivity index (χ1n) is 5.76. The van der Waals surface area contributed by atoms with Gasteiger partial charge in [0.1, 0.15) is 10.8 Å². The lowest BCUT2D eigenvalue weighted by Gasteiger charge is -2.12. The zero-order valence-corrected chi connectivity index (χ0v) is 11.7. The van der Waals surface area contributed by atoms with E-state index in [9.17, 15) is 0 Å². The van der Waals surface area contributed by atoms with Crippen LogP contribution in [0, 0.1) is 20.8 Å². The summed E-state index contributed by atoms with van der Waals surface area (Å²) < 4.78 is 5.77. The molecule has 0 radical (unpaired) electrons. The van der Waals surface area contributed by atoms with Crippen molar-refractivity contribution in [2.75, 3.05) is 5.43 Å². The van der Waals surface area contributed by atoms with Gasteiger partial charge in [-0.15, -0.1) is 0 Å². The number of nitrogens with one attached hydrogen (secondary N) is 1. The summed E-state index contributed by atoms with van der Waals surface area (Å²) in [5, 5.41) is 0.331. The molecule has 2 rings (SSSR count). The molecule has 6 heteroatoms. The van der Waals surface area contributed by atoms with Crippen LogP contribution in [0.3, 0.4) is 0 Å². The van der Waals surface area contributed by atoms with Crippen molar-refractivity contribution in [3.05, 3.63) is 40.0 Å². The van der Waals surface area contributed by atoms with Crippen LogP contribution in [0.4, 0.5) is 5.95 Å². The number of hydrogen-bond donors (Lipinski definition) is 2. The number of ether oxygens (including phenoxy) is 1. The fraction of sp³-hybridized carbons (Fsp3) is 0.231. The number of nitrogens with zero attached hydrogens (tertiary/aromatic N) is 2. The van der Waals surface area contributed by atoms with Gasteiger partial charge >= 0.3 is 0 Å². The van der Waals surface area contributed by atoms with E-state index in [-0.39, 0.29) is 11.8 Å². The minimum atomic E-state index is 0.251. The number of halogens is 1. The van der Waals surface area contributed by atoms with E-state index in [1.54, 1.807) is 0 Å². The van der Waals surface area contributed by atoms with E-state index in [4.69, 9.17) is 22.2 Å². The summed E-state index contributed by atoms with van der Waals surface area (Å²) in [7, 11) is 0. The topological polar surface area (TPSA) is 73.1 Å². The molecule has 1 heterocycles. The second-order valence-corrected chi connectivity index (χ2v) is 4.71. The first-order chi connectivity index (χ1) is 9.01. The maximum Gasteiger partial charge on any atom is 0.243 e. The van der Waals surface area contributed by atoms with Crippen molar-refractivity contribution in [3.8, 4) is 11.6 Å². The van der Waals surface area contributed by atoms with Gasteiger partial charge in [0.15, 0.2) is 0 Å². The molecule has 5 nitrogen and oxygen atoms in total. The summed E-state index contributed by atoms with van der Waals surface area (Å²) in [5.41, 5.74) is 5.66. The van der Waals surface area contributed by atoms with E-state index in [1.165, 1.54) is 6.20 Å². The third kappa shape index (κ3) is 2.94. The van der Waals surface area contributed by atoms with E-state index < -0.39 is 0 Å². The number of hydrogen-bond acceptors (Lipinski definition) is 5. The van der Waals surface area contributed by atoms with E-state index in [0.717, 1.165) is 22.4 Å². The molecule has 1 aromatic carbocycles. The summed E-state index contributed by atoms with van der Waals surface area (Å²) in [6.45, 7) is 6.03. The lowest BCUT2D eigenvalue weighted by atomic mass is 10.1. The van der Waals surface area contributed by atoms with Crippen LogP contribution in [0.15, 0.2) is 18.3 Å². The molecular formula is C13H15ClN4O. The minimum absolute atomic E-state index is 0.251. The number of aromatic nitrogens is 2. The Morgan fingerprint density at radius 1 is 1.26 bits per heavy atom. The highest BCUT2D eigenvalue weighted by molar-refractivity contribution is 6.31. The Morgan fingerprint density at radius 2 is 2.00 bits per heavy atom. The molecule has 0 amide bonds. The van der Waals surface area contributed by atoms with Crippen LogP contribution >= 0.6 is 11.6 Å². The largest absolute Gasteiger partial charge is 0.437 e. The molecule has 0 saturated heterocycles. The Kier molecular flexibility index (Phi) is 3.87. The van der Waals surface area contributed by atoms with Gasteiger partial charge in [0.25, 0.3) is 0 Å². The summed E-state index contributed by atoms with van der Waals surface area (Å²) in [5.74, 6) is 6.52. The molecule has 19 heavy (non-hydrogen) atoms. The van der Waals surface area contributed by atoms with Crippen LogP contribution in [-0.4, -0.2) is 9.97 Å². The van der Waals surface area contributed by atoms with Crippen molar-refractivity contribution in [2.24, 2.45) is 5.84 Å². The van der Waals surface area contributed by atoms with Crippen LogP contribution in [0.2, 0.25) is 5.02 Å². The molecular weight excluding hydrogens is 264 g/mol. The average molecular weight is 279 g/mol. The molecule has 0 fully saturated rings. The van der Waals surface area contributed by atoms with E-state index in [2.05, 4.69) is 21.5 Å². The maximum absolute atomic E-state index is 6.02. The predicted molar refractivity (Wildman–Crippen MR) is 75.6 cm³/mol. The van der Waals surface area contributed by atoms with Gasteiger partial charge < -0.3 is 4.74 Å². The Bertz CT molecular complexity index is 616. The molecule has 0 spiro atoms. The molecule has 2 aromatic rings. The highest BCUT2D eigenvalue weighted by atomic mass is 35.5. The van der Waals surface area contributed by atoms with Gasteiger partial charge in [0.05, 0.1) is 6.20 Å². The van der Waals surface area contributed by atoms with Gasteiger partial charge in [-0.1, -0.05) is 17.7 Å². The molecule has 0 bridgehead atoms. The third-order valence-corrected chi connectivity index (χ3v) is 3.07. The lowest BCUT2D eigenvalue weighted by Crippen LogP contribution is -2.10. The summed E-state index contributed by atoms with van der Waals surface area (Å²) in [6, 6.07) is 4.03. The van der Waals surface area contributed by atoms with E-state index >= 15 is 0 Å². The Balaban J connectivity index is 2.41. The zero-order valence-electron chi connectivity index (χ0n) is 11.0. The number of rotatable bonds is 3. The summed E-state index contributed by atoms with van der Waals surface area (Å²) >= 11 is 6.02. The van der Waals surface area contributed by atoms with Gasteiger partial charge in [-0.3, -0.25) is 5.43 Å². The molecule has 0 aliphatic rings. The van der Waals surface area contributed by atoms with Crippen LogP contribution < -0.4 is 16.0 Å². The average Bonchev–Trinajstić information content (AvgIpc) is 2.38. The molecule has 0 aliphatic heterocycles. The predicted octanol–water partition coefficient (Wildman–Crippen LogP) is 3.13. The fourth-order valence-corrected chi connectivity index (χ4v) is 1.83. The number of nitrogens with two attached hydrogens (primary N) is 1. The third-order valence-electron chi connectivity index (χ3n) is 2.81.